The lowest BCUT2D eigenvalue weighted by molar-refractivity contribution is 0.468. The molecular weight excluding hydrogens is 248 g/mol. The van der Waals surface area contributed by atoms with Gasteiger partial charge >= 0.3 is 0 Å². The zero-order valence-corrected chi connectivity index (χ0v) is 11.1. The highest BCUT2D eigenvalue weighted by molar-refractivity contribution is 5.30. The summed E-state index contributed by atoms with van der Waals surface area (Å²) in [6.45, 7) is 0.689. The summed E-state index contributed by atoms with van der Waals surface area (Å²) in [5, 5.41) is 3.53. The van der Waals surface area contributed by atoms with Crippen molar-refractivity contribution in [3.63, 3.8) is 0 Å². The summed E-state index contributed by atoms with van der Waals surface area (Å²) in [6, 6.07) is 18.5. The van der Waals surface area contributed by atoms with E-state index in [1.807, 2.05) is 42.7 Å². The zero-order valence-electron chi connectivity index (χ0n) is 11.1. The number of benzene rings is 1. The van der Waals surface area contributed by atoms with E-state index in [9.17, 15) is 0 Å². The Hall–Kier alpha value is -2.39. The molecule has 0 radical (unpaired) electrons. The second-order valence-corrected chi connectivity index (χ2v) is 4.58. The molecule has 2 aromatic heterocycles. The predicted octanol–water partition coefficient (Wildman–Crippen LogP) is 3.55. The van der Waals surface area contributed by atoms with Crippen LogP contribution in [0.15, 0.2) is 77.7 Å². The molecule has 0 saturated carbocycles. The summed E-state index contributed by atoms with van der Waals surface area (Å²) in [6.07, 6.45) is 5.33. The third-order valence-corrected chi connectivity index (χ3v) is 3.23. The Balaban J connectivity index is 1.84. The first-order valence-corrected chi connectivity index (χ1v) is 6.64. The van der Waals surface area contributed by atoms with Gasteiger partial charge in [0, 0.05) is 12.4 Å². The van der Waals surface area contributed by atoms with Crippen LogP contribution in [0.3, 0.4) is 0 Å². The molecule has 2 heterocycles. The van der Waals surface area contributed by atoms with E-state index >= 15 is 0 Å². The van der Waals surface area contributed by atoms with E-state index in [1.54, 1.807) is 6.26 Å². The normalized spacial score (nSPS) is 12.2. The average Bonchev–Trinajstić information content (AvgIpc) is 3.03. The maximum absolute atomic E-state index is 5.38. The number of nitrogens with zero attached hydrogens (tertiary/aromatic N) is 1. The minimum atomic E-state index is 0.129. The van der Waals surface area contributed by atoms with Crippen molar-refractivity contribution in [3.8, 4) is 0 Å². The van der Waals surface area contributed by atoms with Crippen LogP contribution in [-0.2, 0) is 6.54 Å². The first kappa shape index (κ1) is 12.6. The zero-order chi connectivity index (χ0) is 13.6. The smallest absolute Gasteiger partial charge is 0.117 e. The summed E-state index contributed by atoms with van der Waals surface area (Å²) in [5.41, 5.74) is 2.42. The van der Waals surface area contributed by atoms with E-state index < -0.39 is 0 Å². The van der Waals surface area contributed by atoms with Crippen LogP contribution >= 0.6 is 0 Å². The fraction of sp³-hybridized carbons (Fsp3) is 0.118. The van der Waals surface area contributed by atoms with Crippen molar-refractivity contribution in [2.75, 3.05) is 0 Å². The van der Waals surface area contributed by atoms with Crippen molar-refractivity contribution < 1.29 is 4.42 Å². The molecule has 100 valence electrons. The van der Waals surface area contributed by atoms with Crippen LogP contribution in [0.4, 0.5) is 0 Å². The van der Waals surface area contributed by atoms with E-state index in [1.165, 1.54) is 11.1 Å². The van der Waals surface area contributed by atoms with Gasteiger partial charge in [0.1, 0.15) is 5.76 Å². The Morgan fingerprint density at radius 3 is 2.35 bits per heavy atom. The third-order valence-electron chi connectivity index (χ3n) is 3.23. The second-order valence-electron chi connectivity index (χ2n) is 4.58. The largest absolute Gasteiger partial charge is 0.468 e. The molecule has 0 fully saturated rings. The molecule has 1 unspecified atom stereocenters. The van der Waals surface area contributed by atoms with Crippen molar-refractivity contribution in [2.45, 2.75) is 12.6 Å². The number of rotatable bonds is 5. The van der Waals surface area contributed by atoms with Crippen LogP contribution in [0.25, 0.3) is 0 Å². The maximum Gasteiger partial charge on any atom is 0.117 e. The molecule has 3 heteroatoms. The van der Waals surface area contributed by atoms with Crippen molar-refractivity contribution in [1.82, 2.24) is 10.3 Å². The van der Waals surface area contributed by atoms with E-state index in [4.69, 9.17) is 4.42 Å². The molecule has 0 saturated heterocycles. The highest BCUT2D eigenvalue weighted by atomic mass is 16.3. The van der Waals surface area contributed by atoms with Crippen molar-refractivity contribution in [3.05, 3.63) is 90.1 Å². The number of nitrogens with one attached hydrogen (secondary N) is 1. The average molecular weight is 264 g/mol. The number of hydrogen-bond donors (Lipinski definition) is 1. The summed E-state index contributed by atoms with van der Waals surface area (Å²) in [7, 11) is 0. The molecule has 1 aromatic carbocycles. The highest BCUT2D eigenvalue weighted by Crippen LogP contribution is 2.21. The quantitative estimate of drug-likeness (QED) is 0.765. The Morgan fingerprint density at radius 2 is 1.65 bits per heavy atom. The van der Waals surface area contributed by atoms with Gasteiger partial charge in [0.15, 0.2) is 0 Å². The van der Waals surface area contributed by atoms with Gasteiger partial charge in [0.25, 0.3) is 0 Å². The molecular formula is C17H16N2O. The van der Waals surface area contributed by atoms with Crippen LogP contribution < -0.4 is 5.32 Å². The molecule has 20 heavy (non-hydrogen) atoms. The Bertz CT molecular complexity index is 581. The fourth-order valence-corrected chi connectivity index (χ4v) is 2.25. The molecule has 0 bridgehead atoms. The van der Waals surface area contributed by atoms with Gasteiger partial charge in [-0.05, 0) is 35.4 Å². The predicted molar refractivity (Wildman–Crippen MR) is 78.1 cm³/mol. The second kappa shape index (κ2) is 6.17. The molecule has 0 aliphatic carbocycles. The summed E-state index contributed by atoms with van der Waals surface area (Å²) >= 11 is 0. The van der Waals surface area contributed by atoms with E-state index in [2.05, 4.69) is 34.6 Å². The number of furan rings is 1. The lowest BCUT2D eigenvalue weighted by atomic mass is 10.00. The van der Waals surface area contributed by atoms with E-state index in [0.29, 0.717) is 6.54 Å². The van der Waals surface area contributed by atoms with Crippen molar-refractivity contribution in [2.24, 2.45) is 0 Å². The lowest BCUT2D eigenvalue weighted by Crippen LogP contribution is -2.21. The van der Waals surface area contributed by atoms with Crippen LogP contribution in [0.1, 0.15) is 22.9 Å². The topological polar surface area (TPSA) is 38.1 Å². The van der Waals surface area contributed by atoms with Crippen LogP contribution in [-0.4, -0.2) is 4.98 Å². The van der Waals surface area contributed by atoms with Crippen LogP contribution in [0.2, 0.25) is 0 Å². The molecule has 1 N–H and O–H groups in total. The van der Waals surface area contributed by atoms with Gasteiger partial charge in [0.05, 0.1) is 18.8 Å². The molecule has 3 rings (SSSR count). The van der Waals surface area contributed by atoms with Gasteiger partial charge < -0.3 is 4.42 Å². The SMILES string of the molecule is c1ccc(C(NCc2ccco2)c2ccncc2)cc1. The number of aromatic nitrogens is 1. The van der Waals surface area contributed by atoms with Gasteiger partial charge in [-0.2, -0.15) is 0 Å². The maximum atomic E-state index is 5.38. The van der Waals surface area contributed by atoms with Crippen molar-refractivity contribution in [1.29, 1.82) is 0 Å². The molecule has 0 amide bonds. The number of pyridine rings is 1. The van der Waals surface area contributed by atoms with Gasteiger partial charge in [-0.15, -0.1) is 0 Å². The van der Waals surface area contributed by atoms with Crippen LogP contribution in [0.5, 0.6) is 0 Å². The molecule has 1 atom stereocenters. The minimum absolute atomic E-state index is 0.129. The molecule has 0 spiro atoms. The first-order chi connectivity index (χ1) is 9.93. The van der Waals surface area contributed by atoms with Gasteiger partial charge in [-0.3, -0.25) is 10.3 Å². The Kier molecular flexibility index (Phi) is 3.90. The van der Waals surface area contributed by atoms with Gasteiger partial charge in [-0.25, -0.2) is 0 Å². The van der Waals surface area contributed by atoms with Gasteiger partial charge in [0.2, 0.25) is 0 Å². The minimum Gasteiger partial charge on any atom is -0.468 e. The summed E-state index contributed by atoms with van der Waals surface area (Å²) < 4.78 is 5.38. The summed E-state index contributed by atoms with van der Waals surface area (Å²) in [5.74, 6) is 0.931. The third kappa shape index (κ3) is 2.95. The van der Waals surface area contributed by atoms with E-state index in [0.717, 1.165) is 5.76 Å². The number of hydrogen-bond acceptors (Lipinski definition) is 3. The highest BCUT2D eigenvalue weighted by Gasteiger charge is 2.13. The monoisotopic (exact) mass is 264 g/mol. The molecule has 0 aliphatic heterocycles. The lowest BCUT2D eigenvalue weighted by Gasteiger charge is -2.19. The Morgan fingerprint density at radius 1 is 0.900 bits per heavy atom. The van der Waals surface area contributed by atoms with Gasteiger partial charge in [-0.1, -0.05) is 30.3 Å². The fourth-order valence-electron chi connectivity index (χ4n) is 2.25. The van der Waals surface area contributed by atoms with Crippen molar-refractivity contribution >= 4 is 0 Å². The first-order valence-electron chi connectivity index (χ1n) is 6.64. The Labute approximate surface area is 118 Å². The molecule has 3 nitrogen and oxygen atoms in total. The van der Waals surface area contributed by atoms with E-state index in [-0.39, 0.29) is 6.04 Å². The molecule has 0 aliphatic rings. The summed E-state index contributed by atoms with van der Waals surface area (Å²) in [4.78, 5) is 4.09. The molecule has 3 aromatic rings. The van der Waals surface area contributed by atoms with Crippen LogP contribution in [0, 0.1) is 0 Å². The standard InChI is InChI=1S/C17H16N2O/c1-2-5-14(6-3-1)17(15-8-10-18-11-9-15)19-13-16-7-4-12-20-16/h1-12,17,19H,13H2.